The number of halogens is 1. The van der Waals surface area contributed by atoms with Crippen LogP contribution in [0, 0.1) is 22.0 Å². The molecule has 0 bridgehead atoms. The maximum Gasteiger partial charge on any atom is 0.271 e. The van der Waals surface area contributed by atoms with Gasteiger partial charge in [0.05, 0.1) is 9.95 Å². The fourth-order valence-electron chi connectivity index (χ4n) is 3.78. The average Bonchev–Trinajstić information content (AvgIpc) is 2.59. The van der Waals surface area contributed by atoms with Crippen molar-refractivity contribution in [3.63, 3.8) is 0 Å². The van der Waals surface area contributed by atoms with E-state index in [0.29, 0.717) is 11.7 Å². The molecule has 1 aliphatic carbocycles. The van der Waals surface area contributed by atoms with E-state index in [4.69, 9.17) is 16.3 Å². The third-order valence-electron chi connectivity index (χ3n) is 5.12. The summed E-state index contributed by atoms with van der Waals surface area (Å²) in [5, 5.41) is 10.8. The number of rotatable bonds is 4. The molecule has 130 valence electrons. The van der Waals surface area contributed by atoms with Crippen molar-refractivity contribution in [1.82, 2.24) is 4.90 Å². The molecule has 2 aliphatic rings. The highest BCUT2D eigenvalue weighted by Gasteiger charge is 2.32. The Labute approximate surface area is 145 Å². The number of hydrogen-bond donors (Lipinski definition) is 0. The molecule has 0 unspecified atom stereocenters. The van der Waals surface area contributed by atoms with Gasteiger partial charge in [0.25, 0.3) is 11.6 Å². The Morgan fingerprint density at radius 1 is 1.29 bits per heavy atom. The van der Waals surface area contributed by atoms with Gasteiger partial charge in [0.15, 0.2) is 6.61 Å². The molecule has 0 radical (unpaired) electrons. The van der Waals surface area contributed by atoms with Crippen molar-refractivity contribution in [3.05, 3.63) is 33.3 Å². The predicted molar refractivity (Wildman–Crippen MR) is 90.2 cm³/mol. The van der Waals surface area contributed by atoms with Crippen molar-refractivity contribution in [3.8, 4) is 5.75 Å². The van der Waals surface area contributed by atoms with E-state index in [1.807, 2.05) is 4.90 Å². The van der Waals surface area contributed by atoms with Crippen LogP contribution in [0.5, 0.6) is 5.75 Å². The molecule has 1 aromatic rings. The molecule has 1 aromatic carbocycles. The molecule has 0 spiro atoms. The van der Waals surface area contributed by atoms with Gasteiger partial charge in [-0.15, -0.1) is 0 Å². The minimum Gasteiger partial charge on any atom is -0.482 e. The van der Waals surface area contributed by atoms with Gasteiger partial charge in [-0.2, -0.15) is 0 Å². The fraction of sp³-hybridized carbons (Fsp3) is 0.588. The molecule has 7 heteroatoms. The van der Waals surface area contributed by atoms with Crippen LogP contribution in [0.15, 0.2) is 18.2 Å². The summed E-state index contributed by atoms with van der Waals surface area (Å²) in [4.78, 5) is 24.4. The minimum absolute atomic E-state index is 0.0477. The van der Waals surface area contributed by atoms with Gasteiger partial charge in [-0.3, -0.25) is 14.9 Å². The molecule has 0 aromatic heterocycles. The van der Waals surface area contributed by atoms with Crippen molar-refractivity contribution >= 4 is 23.2 Å². The zero-order chi connectivity index (χ0) is 17.1. The molecule has 24 heavy (non-hydrogen) atoms. The highest BCUT2D eigenvalue weighted by molar-refractivity contribution is 6.32. The monoisotopic (exact) mass is 352 g/mol. The number of ether oxygens (including phenoxy) is 1. The standard InChI is InChI=1S/C17H21ClN2O4/c18-15-9-14(20(22)23)5-6-16(15)24-11-17(21)19-8-7-12-3-1-2-4-13(12)10-19/h5-6,9,12-13H,1-4,7-8,10-11H2/t12-,13-/m1/s1. The summed E-state index contributed by atoms with van der Waals surface area (Å²) in [5.74, 6) is 1.64. The molecule has 1 heterocycles. The summed E-state index contributed by atoms with van der Waals surface area (Å²) in [7, 11) is 0. The van der Waals surface area contributed by atoms with Gasteiger partial charge in [-0.1, -0.05) is 30.9 Å². The molecule has 1 saturated heterocycles. The summed E-state index contributed by atoms with van der Waals surface area (Å²) < 4.78 is 5.48. The number of nitrogens with zero attached hydrogens (tertiary/aromatic N) is 2. The summed E-state index contributed by atoms with van der Waals surface area (Å²) in [6, 6.07) is 3.98. The summed E-state index contributed by atoms with van der Waals surface area (Å²) >= 11 is 5.98. The Balaban J connectivity index is 1.55. The number of likely N-dealkylation sites (tertiary alicyclic amines) is 1. The summed E-state index contributed by atoms with van der Waals surface area (Å²) in [5.41, 5.74) is -0.0990. The Morgan fingerprint density at radius 3 is 2.75 bits per heavy atom. The molecule has 1 amide bonds. The highest BCUT2D eigenvalue weighted by atomic mass is 35.5. The lowest BCUT2D eigenvalue weighted by Crippen LogP contribution is -2.46. The molecule has 1 aliphatic heterocycles. The maximum atomic E-state index is 12.4. The number of hydrogen-bond acceptors (Lipinski definition) is 4. The van der Waals surface area contributed by atoms with E-state index in [9.17, 15) is 14.9 Å². The van der Waals surface area contributed by atoms with Crippen LogP contribution < -0.4 is 4.74 Å². The largest absolute Gasteiger partial charge is 0.482 e. The number of carbonyl (C=O) groups is 1. The van der Waals surface area contributed by atoms with E-state index in [2.05, 4.69) is 0 Å². The van der Waals surface area contributed by atoms with Gasteiger partial charge in [0.1, 0.15) is 5.75 Å². The lowest BCUT2D eigenvalue weighted by atomic mass is 9.75. The Morgan fingerprint density at radius 2 is 2.04 bits per heavy atom. The Bertz CT molecular complexity index is 637. The fourth-order valence-corrected chi connectivity index (χ4v) is 4.01. The van der Waals surface area contributed by atoms with Crippen LogP contribution in [0.25, 0.3) is 0 Å². The van der Waals surface area contributed by atoms with Crippen LogP contribution in [0.2, 0.25) is 5.02 Å². The molecule has 0 N–H and O–H groups in total. The molecule has 2 fully saturated rings. The normalized spacial score (nSPS) is 23.5. The summed E-state index contributed by atoms with van der Waals surface area (Å²) in [6.45, 7) is 1.52. The molecule has 6 nitrogen and oxygen atoms in total. The van der Waals surface area contributed by atoms with E-state index in [1.165, 1.54) is 43.9 Å². The first-order valence-electron chi connectivity index (χ1n) is 8.39. The first-order chi connectivity index (χ1) is 11.5. The Hall–Kier alpha value is -1.82. The van der Waals surface area contributed by atoms with Crippen LogP contribution in [0.1, 0.15) is 32.1 Å². The van der Waals surface area contributed by atoms with Gasteiger partial charge in [-0.25, -0.2) is 0 Å². The van der Waals surface area contributed by atoms with E-state index in [-0.39, 0.29) is 23.2 Å². The second kappa shape index (κ2) is 7.38. The zero-order valence-electron chi connectivity index (χ0n) is 13.4. The van der Waals surface area contributed by atoms with Crippen molar-refractivity contribution in [2.24, 2.45) is 11.8 Å². The van der Waals surface area contributed by atoms with Crippen LogP contribution in [0.4, 0.5) is 5.69 Å². The number of fused-ring (bicyclic) bond motifs is 1. The van der Waals surface area contributed by atoms with E-state index >= 15 is 0 Å². The minimum atomic E-state index is -0.519. The van der Waals surface area contributed by atoms with E-state index < -0.39 is 4.92 Å². The van der Waals surface area contributed by atoms with Crippen molar-refractivity contribution < 1.29 is 14.5 Å². The molecule has 2 atom stereocenters. The number of amides is 1. The number of non-ortho nitro benzene ring substituents is 1. The maximum absolute atomic E-state index is 12.4. The van der Waals surface area contributed by atoms with Gasteiger partial charge in [-0.05, 0) is 30.7 Å². The van der Waals surface area contributed by atoms with Crippen LogP contribution in [0.3, 0.4) is 0 Å². The number of carbonyl (C=O) groups excluding carboxylic acids is 1. The van der Waals surface area contributed by atoms with Crippen LogP contribution in [-0.2, 0) is 4.79 Å². The number of nitro groups is 1. The average molecular weight is 353 g/mol. The van der Waals surface area contributed by atoms with Crippen LogP contribution in [-0.4, -0.2) is 35.4 Å². The second-order valence-electron chi connectivity index (χ2n) is 6.59. The number of nitro benzene ring substituents is 1. The lowest BCUT2D eigenvalue weighted by Gasteiger charge is -2.41. The van der Waals surface area contributed by atoms with Crippen LogP contribution >= 0.6 is 11.6 Å². The first-order valence-corrected chi connectivity index (χ1v) is 8.77. The molecular formula is C17H21ClN2O4. The van der Waals surface area contributed by atoms with E-state index in [0.717, 1.165) is 25.4 Å². The van der Waals surface area contributed by atoms with Gasteiger partial charge in [0, 0.05) is 25.2 Å². The topological polar surface area (TPSA) is 72.7 Å². The van der Waals surface area contributed by atoms with Crippen molar-refractivity contribution in [2.45, 2.75) is 32.1 Å². The van der Waals surface area contributed by atoms with Crippen molar-refractivity contribution in [2.75, 3.05) is 19.7 Å². The first kappa shape index (κ1) is 17.0. The smallest absolute Gasteiger partial charge is 0.271 e. The highest BCUT2D eigenvalue weighted by Crippen LogP contribution is 2.36. The molecule has 1 saturated carbocycles. The second-order valence-corrected chi connectivity index (χ2v) is 7.00. The van der Waals surface area contributed by atoms with Gasteiger partial charge in [0.2, 0.25) is 0 Å². The van der Waals surface area contributed by atoms with Gasteiger partial charge >= 0.3 is 0 Å². The third kappa shape index (κ3) is 3.80. The van der Waals surface area contributed by atoms with E-state index in [1.54, 1.807) is 0 Å². The third-order valence-corrected chi connectivity index (χ3v) is 5.42. The Kier molecular flexibility index (Phi) is 5.23. The lowest BCUT2D eigenvalue weighted by molar-refractivity contribution is -0.384. The zero-order valence-corrected chi connectivity index (χ0v) is 14.2. The number of piperidine rings is 1. The quantitative estimate of drug-likeness (QED) is 0.612. The predicted octanol–water partition coefficient (Wildman–Crippen LogP) is 3.67. The SMILES string of the molecule is O=C(COc1ccc([N+](=O)[O-])cc1Cl)N1CC[C@H]2CCCC[C@@H]2C1. The van der Waals surface area contributed by atoms with Gasteiger partial charge < -0.3 is 9.64 Å². The molecule has 3 rings (SSSR count). The van der Waals surface area contributed by atoms with Crippen molar-refractivity contribution in [1.29, 1.82) is 0 Å². The number of benzene rings is 1. The summed E-state index contributed by atoms with van der Waals surface area (Å²) in [6.07, 6.45) is 6.16. The molecular weight excluding hydrogens is 332 g/mol.